The highest BCUT2D eigenvalue weighted by Gasteiger charge is 2.12. The molecule has 0 aromatic heterocycles. The average Bonchev–Trinajstić information content (AvgIpc) is 2.60. The van der Waals surface area contributed by atoms with Crippen LogP contribution in [0, 0.1) is 10.5 Å². The summed E-state index contributed by atoms with van der Waals surface area (Å²) < 4.78 is 5.96. The number of hydrogen-bond acceptors (Lipinski definition) is 4. The second-order valence-electron chi connectivity index (χ2n) is 5.03. The highest BCUT2D eigenvalue weighted by atomic mass is 127. The molecule has 0 saturated heterocycles. The summed E-state index contributed by atoms with van der Waals surface area (Å²) in [4.78, 5) is 24.3. The lowest BCUT2D eigenvalue weighted by molar-refractivity contribution is 0.0934. The van der Waals surface area contributed by atoms with Crippen molar-refractivity contribution in [1.29, 1.82) is 0 Å². The number of halogens is 1. The zero-order valence-electron chi connectivity index (χ0n) is 13.6. The minimum atomic E-state index is -0.386. The Labute approximate surface area is 164 Å². The molecule has 0 atom stereocenters. The predicted molar refractivity (Wildman–Crippen MR) is 108 cm³/mol. The number of thiocarbonyl (C=S) groups is 1. The van der Waals surface area contributed by atoms with Crippen molar-refractivity contribution in [3.05, 3.63) is 62.7 Å². The Morgan fingerprint density at radius 3 is 2.44 bits per heavy atom. The van der Waals surface area contributed by atoms with Crippen molar-refractivity contribution in [3.8, 4) is 5.75 Å². The molecule has 2 aromatic rings. The van der Waals surface area contributed by atoms with E-state index in [9.17, 15) is 9.59 Å². The number of benzene rings is 2. The van der Waals surface area contributed by atoms with Crippen LogP contribution in [0.4, 0.5) is 0 Å². The standard InChI is InChI=1S/C17H16IN3O3S/c1-10-5-3-4-6-12(10)16(23)20-21-17(25)19-15(22)11-7-8-14(24-2)13(18)9-11/h3-9H,1-2H3,(H,20,23)(H2,19,21,22,25). The quantitative estimate of drug-likeness (QED) is 0.366. The Balaban J connectivity index is 1.92. The fraction of sp³-hybridized carbons (Fsp3) is 0.118. The fourth-order valence-corrected chi connectivity index (χ4v) is 2.90. The molecule has 2 rings (SSSR count). The maximum absolute atomic E-state index is 12.2. The van der Waals surface area contributed by atoms with Gasteiger partial charge in [0.2, 0.25) is 0 Å². The van der Waals surface area contributed by atoms with Gasteiger partial charge in [0, 0.05) is 11.1 Å². The van der Waals surface area contributed by atoms with Crippen molar-refractivity contribution in [3.63, 3.8) is 0 Å². The van der Waals surface area contributed by atoms with Gasteiger partial charge in [0.1, 0.15) is 5.75 Å². The molecular formula is C17H16IN3O3S. The van der Waals surface area contributed by atoms with E-state index in [-0.39, 0.29) is 16.9 Å². The van der Waals surface area contributed by atoms with E-state index in [1.165, 1.54) is 0 Å². The van der Waals surface area contributed by atoms with Gasteiger partial charge in [-0.3, -0.25) is 25.8 Å². The van der Waals surface area contributed by atoms with Crippen LogP contribution in [0.1, 0.15) is 26.3 Å². The normalized spacial score (nSPS) is 9.88. The highest BCUT2D eigenvalue weighted by molar-refractivity contribution is 14.1. The average molecular weight is 469 g/mol. The minimum absolute atomic E-state index is 0.00207. The van der Waals surface area contributed by atoms with Gasteiger partial charge in [-0.2, -0.15) is 0 Å². The molecule has 0 spiro atoms. The molecule has 6 nitrogen and oxygen atoms in total. The topological polar surface area (TPSA) is 79.5 Å². The van der Waals surface area contributed by atoms with E-state index in [4.69, 9.17) is 17.0 Å². The first-order valence-corrected chi connectivity index (χ1v) is 8.72. The second-order valence-corrected chi connectivity index (χ2v) is 6.60. The van der Waals surface area contributed by atoms with Crippen molar-refractivity contribution in [2.75, 3.05) is 7.11 Å². The number of methoxy groups -OCH3 is 1. The van der Waals surface area contributed by atoms with Gasteiger partial charge < -0.3 is 4.74 Å². The van der Waals surface area contributed by atoms with Crippen LogP contribution in [0.25, 0.3) is 0 Å². The molecule has 2 amide bonds. The van der Waals surface area contributed by atoms with Gasteiger partial charge in [0.15, 0.2) is 5.11 Å². The number of nitrogens with one attached hydrogen (secondary N) is 3. The van der Waals surface area contributed by atoms with Crippen molar-refractivity contribution in [1.82, 2.24) is 16.2 Å². The monoisotopic (exact) mass is 469 g/mol. The molecule has 0 bridgehead atoms. The first-order chi connectivity index (χ1) is 11.9. The molecule has 0 aliphatic carbocycles. The molecule has 25 heavy (non-hydrogen) atoms. The van der Waals surface area contributed by atoms with E-state index in [0.29, 0.717) is 16.9 Å². The maximum atomic E-state index is 12.2. The van der Waals surface area contributed by atoms with E-state index < -0.39 is 0 Å². The Hall–Kier alpha value is -2.20. The lowest BCUT2D eigenvalue weighted by Crippen LogP contribution is -2.48. The third-order valence-corrected chi connectivity index (χ3v) is 4.37. The fourth-order valence-electron chi connectivity index (χ4n) is 2.02. The number of amides is 2. The molecule has 8 heteroatoms. The van der Waals surface area contributed by atoms with Crippen LogP contribution in [0.15, 0.2) is 42.5 Å². The Morgan fingerprint density at radius 2 is 1.80 bits per heavy atom. The number of hydrogen-bond donors (Lipinski definition) is 3. The highest BCUT2D eigenvalue weighted by Crippen LogP contribution is 2.21. The molecule has 0 saturated carbocycles. The smallest absolute Gasteiger partial charge is 0.269 e. The van der Waals surface area contributed by atoms with Gasteiger partial charge in [0.25, 0.3) is 11.8 Å². The summed E-state index contributed by atoms with van der Waals surface area (Å²) in [6.07, 6.45) is 0. The lowest BCUT2D eigenvalue weighted by Gasteiger charge is -2.12. The third kappa shape index (κ3) is 5.13. The van der Waals surface area contributed by atoms with E-state index in [1.54, 1.807) is 37.4 Å². The Kier molecular flexibility index (Phi) is 6.71. The summed E-state index contributed by atoms with van der Waals surface area (Å²) in [5.74, 6) is -0.0414. The maximum Gasteiger partial charge on any atom is 0.269 e. The second kappa shape index (κ2) is 8.77. The van der Waals surface area contributed by atoms with Crippen molar-refractivity contribution >= 4 is 51.7 Å². The summed E-state index contributed by atoms with van der Waals surface area (Å²) in [5.41, 5.74) is 6.77. The minimum Gasteiger partial charge on any atom is -0.496 e. The van der Waals surface area contributed by atoms with Crippen LogP contribution >= 0.6 is 34.8 Å². The lowest BCUT2D eigenvalue weighted by atomic mass is 10.1. The van der Waals surface area contributed by atoms with E-state index >= 15 is 0 Å². The molecule has 0 heterocycles. The molecule has 130 valence electrons. The zero-order chi connectivity index (χ0) is 18.4. The molecule has 0 aliphatic heterocycles. The summed E-state index contributed by atoms with van der Waals surface area (Å²) in [6, 6.07) is 12.2. The largest absolute Gasteiger partial charge is 0.496 e. The number of carbonyl (C=O) groups is 2. The summed E-state index contributed by atoms with van der Waals surface area (Å²) in [5, 5.41) is 2.50. The molecule has 0 unspecified atom stereocenters. The van der Waals surface area contributed by atoms with Crippen LogP contribution in [-0.4, -0.2) is 24.0 Å². The molecule has 0 aliphatic rings. The van der Waals surface area contributed by atoms with Gasteiger partial charge in [0.05, 0.1) is 10.7 Å². The predicted octanol–water partition coefficient (Wildman–Crippen LogP) is 2.56. The van der Waals surface area contributed by atoms with Gasteiger partial charge >= 0.3 is 0 Å². The van der Waals surface area contributed by atoms with E-state index in [2.05, 4.69) is 38.8 Å². The molecular weight excluding hydrogens is 453 g/mol. The van der Waals surface area contributed by atoms with Crippen LogP contribution in [-0.2, 0) is 0 Å². The van der Waals surface area contributed by atoms with Crippen LogP contribution in [0.5, 0.6) is 5.75 Å². The van der Waals surface area contributed by atoms with E-state index in [1.807, 2.05) is 19.1 Å². The molecule has 0 radical (unpaired) electrons. The number of hydrazine groups is 1. The summed E-state index contributed by atoms with van der Waals surface area (Å²) >= 11 is 7.11. The van der Waals surface area contributed by atoms with Crippen molar-refractivity contribution < 1.29 is 14.3 Å². The Morgan fingerprint density at radius 1 is 1.08 bits per heavy atom. The summed E-state index contributed by atoms with van der Waals surface area (Å²) in [7, 11) is 1.56. The number of rotatable bonds is 3. The first-order valence-electron chi connectivity index (χ1n) is 7.23. The van der Waals surface area contributed by atoms with Crippen molar-refractivity contribution in [2.24, 2.45) is 0 Å². The Bertz CT molecular complexity index is 827. The van der Waals surface area contributed by atoms with Crippen LogP contribution in [0.3, 0.4) is 0 Å². The molecule has 0 fully saturated rings. The zero-order valence-corrected chi connectivity index (χ0v) is 16.5. The van der Waals surface area contributed by atoms with Gasteiger partial charge in [-0.05, 0) is 71.6 Å². The third-order valence-electron chi connectivity index (χ3n) is 3.32. The van der Waals surface area contributed by atoms with E-state index in [0.717, 1.165) is 9.13 Å². The van der Waals surface area contributed by atoms with Crippen LogP contribution in [0.2, 0.25) is 0 Å². The van der Waals surface area contributed by atoms with Gasteiger partial charge in [-0.15, -0.1) is 0 Å². The first kappa shape index (κ1) is 19.1. The van der Waals surface area contributed by atoms with Gasteiger partial charge in [-0.25, -0.2) is 0 Å². The molecule has 2 aromatic carbocycles. The SMILES string of the molecule is COc1ccc(C(=O)NC(=S)NNC(=O)c2ccccc2C)cc1I. The number of aryl methyl sites for hydroxylation is 1. The number of carbonyl (C=O) groups excluding carboxylic acids is 2. The van der Waals surface area contributed by atoms with Crippen molar-refractivity contribution in [2.45, 2.75) is 6.92 Å². The number of ether oxygens (including phenoxy) is 1. The molecule has 3 N–H and O–H groups in total. The van der Waals surface area contributed by atoms with Gasteiger partial charge in [-0.1, -0.05) is 18.2 Å². The summed E-state index contributed by atoms with van der Waals surface area (Å²) in [6.45, 7) is 1.83. The van der Waals surface area contributed by atoms with Crippen LogP contribution < -0.4 is 20.9 Å².